The van der Waals surface area contributed by atoms with E-state index in [4.69, 9.17) is 9.72 Å². The van der Waals surface area contributed by atoms with Gasteiger partial charge in [-0.25, -0.2) is 4.98 Å². The van der Waals surface area contributed by atoms with Crippen LogP contribution < -0.4 is 4.74 Å². The molecule has 5 nitrogen and oxygen atoms in total. The van der Waals surface area contributed by atoms with Gasteiger partial charge in [0.2, 0.25) is 0 Å². The van der Waals surface area contributed by atoms with Gasteiger partial charge in [0.15, 0.2) is 0 Å². The van der Waals surface area contributed by atoms with Gasteiger partial charge in [0.25, 0.3) is 0 Å². The molecule has 0 aliphatic carbocycles. The second-order valence-electron chi connectivity index (χ2n) is 7.16. The number of rotatable bonds is 5. The predicted molar refractivity (Wildman–Crippen MR) is 109 cm³/mol. The van der Waals surface area contributed by atoms with Crippen molar-refractivity contribution < 1.29 is 4.74 Å². The fourth-order valence-corrected chi connectivity index (χ4v) is 4.60. The van der Waals surface area contributed by atoms with Crippen molar-refractivity contribution >= 4 is 11.3 Å². The topological polar surface area (TPSA) is 43.2 Å². The highest BCUT2D eigenvalue weighted by molar-refractivity contribution is 7.13. The van der Waals surface area contributed by atoms with Gasteiger partial charge in [-0.1, -0.05) is 25.0 Å². The second kappa shape index (κ2) is 8.23. The lowest BCUT2D eigenvalue weighted by Crippen LogP contribution is -2.28. The lowest BCUT2D eigenvalue weighted by molar-refractivity contribution is 0.190. The Morgan fingerprint density at radius 3 is 2.78 bits per heavy atom. The van der Waals surface area contributed by atoms with Crippen LogP contribution in [0, 0.1) is 0 Å². The number of aryl methyl sites for hydroxylation is 1. The number of thiazole rings is 1. The molecule has 1 unspecified atom stereocenters. The number of hydrogen-bond donors (Lipinski definition) is 0. The van der Waals surface area contributed by atoms with Crippen LogP contribution in [0.1, 0.15) is 43.0 Å². The molecule has 2 aromatic heterocycles. The Bertz CT molecular complexity index is 870. The zero-order valence-electron chi connectivity index (χ0n) is 16.0. The van der Waals surface area contributed by atoms with Crippen LogP contribution >= 0.6 is 11.3 Å². The van der Waals surface area contributed by atoms with Gasteiger partial charge in [-0.2, -0.15) is 5.10 Å². The summed E-state index contributed by atoms with van der Waals surface area (Å²) in [4.78, 5) is 7.47. The van der Waals surface area contributed by atoms with Crippen LogP contribution in [0.5, 0.6) is 5.75 Å². The normalized spacial score (nSPS) is 18.4. The molecule has 3 heterocycles. The first-order chi connectivity index (χ1) is 13.2. The van der Waals surface area contributed by atoms with Crippen molar-refractivity contribution in [2.75, 3.05) is 13.7 Å². The number of likely N-dealkylation sites (tertiary alicyclic amines) is 1. The Kier molecular flexibility index (Phi) is 5.55. The number of nitrogens with zero attached hydrogens (tertiary/aromatic N) is 4. The van der Waals surface area contributed by atoms with E-state index in [0.29, 0.717) is 6.04 Å². The van der Waals surface area contributed by atoms with Crippen molar-refractivity contribution in [3.63, 3.8) is 0 Å². The third kappa shape index (κ3) is 4.22. The monoisotopic (exact) mass is 382 g/mol. The zero-order chi connectivity index (χ0) is 18.6. The van der Waals surface area contributed by atoms with E-state index in [1.54, 1.807) is 18.4 Å². The quantitative estimate of drug-likeness (QED) is 0.643. The lowest BCUT2D eigenvalue weighted by atomic mass is 10.0. The van der Waals surface area contributed by atoms with Crippen molar-refractivity contribution in [1.29, 1.82) is 0 Å². The van der Waals surface area contributed by atoms with E-state index in [9.17, 15) is 0 Å². The number of aromatic nitrogens is 3. The number of benzene rings is 1. The fourth-order valence-electron chi connectivity index (χ4n) is 3.81. The first-order valence-corrected chi connectivity index (χ1v) is 10.4. The van der Waals surface area contributed by atoms with Gasteiger partial charge in [0, 0.05) is 36.8 Å². The van der Waals surface area contributed by atoms with Crippen LogP contribution in [0.15, 0.2) is 42.0 Å². The summed E-state index contributed by atoms with van der Waals surface area (Å²) in [6.07, 6.45) is 8.95. The molecule has 0 amide bonds. The second-order valence-corrected chi connectivity index (χ2v) is 8.01. The largest absolute Gasteiger partial charge is 0.497 e. The predicted octanol–water partition coefficient (Wildman–Crippen LogP) is 4.67. The van der Waals surface area contributed by atoms with E-state index in [0.717, 1.165) is 35.1 Å². The first kappa shape index (κ1) is 18.2. The van der Waals surface area contributed by atoms with E-state index in [2.05, 4.69) is 39.6 Å². The maximum Gasteiger partial charge on any atom is 0.126 e. The van der Waals surface area contributed by atoms with E-state index < -0.39 is 0 Å². The molecule has 27 heavy (non-hydrogen) atoms. The summed E-state index contributed by atoms with van der Waals surface area (Å²) < 4.78 is 7.15. The summed E-state index contributed by atoms with van der Waals surface area (Å²) in [6.45, 7) is 2.02. The van der Waals surface area contributed by atoms with Gasteiger partial charge in [-0.05, 0) is 37.1 Å². The van der Waals surface area contributed by atoms with E-state index in [1.165, 1.54) is 31.2 Å². The van der Waals surface area contributed by atoms with E-state index in [1.807, 2.05) is 24.1 Å². The molecule has 1 aromatic carbocycles. The number of hydrogen-bond acceptors (Lipinski definition) is 5. The van der Waals surface area contributed by atoms with Gasteiger partial charge < -0.3 is 4.74 Å². The van der Waals surface area contributed by atoms with Crippen LogP contribution in [0.25, 0.3) is 10.6 Å². The molecule has 1 saturated heterocycles. The molecule has 1 aliphatic rings. The highest BCUT2D eigenvalue weighted by Gasteiger charge is 2.23. The van der Waals surface area contributed by atoms with Crippen molar-refractivity contribution in [2.24, 2.45) is 7.05 Å². The molecule has 4 rings (SSSR count). The minimum atomic E-state index is 0.446. The maximum atomic E-state index is 5.32. The molecule has 1 atom stereocenters. The van der Waals surface area contributed by atoms with Gasteiger partial charge in [-0.15, -0.1) is 11.3 Å². The SMILES string of the molecule is COc1ccc(C2CCCCCN2Cc2csc(-c3cnn(C)c3)n2)cc1. The maximum absolute atomic E-state index is 5.32. The summed E-state index contributed by atoms with van der Waals surface area (Å²) in [5, 5.41) is 7.50. The molecule has 0 radical (unpaired) electrons. The van der Waals surface area contributed by atoms with Crippen molar-refractivity contribution in [3.8, 4) is 16.3 Å². The third-order valence-corrected chi connectivity index (χ3v) is 6.17. The molecule has 0 spiro atoms. The Morgan fingerprint density at radius 2 is 2.04 bits per heavy atom. The summed E-state index contributed by atoms with van der Waals surface area (Å²) in [5.41, 5.74) is 3.62. The van der Waals surface area contributed by atoms with Crippen LogP contribution in [0.3, 0.4) is 0 Å². The minimum Gasteiger partial charge on any atom is -0.497 e. The Morgan fingerprint density at radius 1 is 1.19 bits per heavy atom. The molecular formula is C21H26N4OS. The summed E-state index contributed by atoms with van der Waals surface area (Å²) >= 11 is 1.70. The van der Waals surface area contributed by atoms with Crippen molar-refractivity contribution in [1.82, 2.24) is 19.7 Å². The summed E-state index contributed by atoms with van der Waals surface area (Å²) in [5.74, 6) is 0.916. The molecule has 0 bridgehead atoms. The molecule has 1 fully saturated rings. The Hall–Kier alpha value is -2.18. The van der Waals surface area contributed by atoms with Gasteiger partial charge in [0.1, 0.15) is 10.8 Å². The molecule has 0 saturated carbocycles. The van der Waals surface area contributed by atoms with Gasteiger partial charge in [-0.3, -0.25) is 9.58 Å². The first-order valence-electron chi connectivity index (χ1n) is 9.54. The summed E-state index contributed by atoms with van der Waals surface area (Å²) in [6, 6.07) is 9.01. The Labute approximate surface area is 164 Å². The third-order valence-electron chi connectivity index (χ3n) is 5.23. The summed E-state index contributed by atoms with van der Waals surface area (Å²) in [7, 11) is 3.66. The molecule has 6 heteroatoms. The van der Waals surface area contributed by atoms with Crippen LogP contribution in [0.2, 0.25) is 0 Å². The highest BCUT2D eigenvalue weighted by atomic mass is 32.1. The number of ether oxygens (including phenoxy) is 1. The molecule has 3 aromatic rings. The van der Waals surface area contributed by atoms with Crippen molar-refractivity contribution in [3.05, 3.63) is 53.3 Å². The van der Waals surface area contributed by atoms with Gasteiger partial charge in [0.05, 0.1) is 19.0 Å². The lowest BCUT2D eigenvalue weighted by Gasteiger charge is -2.29. The molecule has 0 N–H and O–H groups in total. The highest BCUT2D eigenvalue weighted by Crippen LogP contribution is 2.33. The molecule has 1 aliphatic heterocycles. The average molecular weight is 383 g/mol. The van der Waals surface area contributed by atoms with Crippen LogP contribution in [-0.4, -0.2) is 33.3 Å². The Balaban J connectivity index is 1.53. The minimum absolute atomic E-state index is 0.446. The van der Waals surface area contributed by atoms with Crippen LogP contribution in [0.4, 0.5) is 0 Å². The van der Waals surface area contributed by atoms with Crippen LogP contribution in [-0.2, 0) is 13.6 Å². The molecular weight excluding hydrogens is 356 g/mol. The fraction of sp³-hybridized carbons (Fsp3) is 0.429. The number of methoxy groups -OCH3 is 1. The average Bonchev–Trinajstić information content (AvgIpc) is 3.26. The standard InChI is InChI=1S/C21H26N4OS/c1-24-13-17(12-22-24)21-23-18(15-27-21)14-25-11-5-3-4-6-20(25)16-7-9-19(26-2)10-8-16/h7-10,12-13,15,20H,3-6,11,14H2,1-2H3. The van der Waals surface area contributed by atoms with E-state index in [-0.39, 0.29) is 0 Å². The zero-order valence-corrected chi connectivity index (χ0v) is 16.8. The van der Waals surface area contributed by atoms with Crippen molar-refractivity contribution in [2.45, 2.75) is 38.3 Å². The molecule has 142 valence electrons. The van der Waals surface area contributed by atoms with Gasteiger partial charge >= 0.3 is 0 Å². The smallest absolute Gasteiger partial charge is 0.126 e. The van der Waals surface area contributed by atoms with E-state index >= 15 is 0 Å².